The van der Waals surface area contributed by atoms with Crippen molar-refractivity contribution in [1.82, 2.24) is 0 Å². The van der Waals surface area contributed by atoms with E-state index in [1.807, 2.05) is 36.4 Å². The Balaban J connectivity index is 1.84. The van der Waals surface area contributed by atoms with Crippen LogP contribution in [0.15, 0.2) is 89.3 Å². The molecule has 0 aliphatic carbocycles. The van der Waals surface area contributed by atoms with Gasteiger partial charge in [0.1, 0.15) is 23.3 Å². The molecule has 1 aromatic heterocycles. The van der Waals surface area contributed by atoms with E-state index in [1.54, 1.807) is 0 Å². The van der Waals surface area contributed by atoms with Crippen molar-refractivity contribution in [1.29, 1.82) is 10.5 Å². The number of rotatable bonds is 0. The summed E-state index contributed by atoms with van der Waals surface area (Å²) in [5.74, 6) is 0. The predicted octanol–water partition coefficient (Wildman–Crippen LogP) is 7.94. The van der Waals surface area contributed by atoms with Gasteiger partial charge in [0.25, 0.3) is 0 Å². The van der Waals surface area contributed by atoms with E-state index in [1.165, 1.54) is 0 Å². The smallest absolute Gasteiger partial charge is 0.136 e. The van der Waals surface area contributed by atoms with Crippen LogP contribution in [0.5, 0.6) is 0 Å². The summed E-state index contributed by atoms with van der Waals surface area (Å²) in [4.78, 5) is 0. The summed E-state index contributed by atoms with van der Waals surface area (Å²) in [6.45, 7) is 0. The second-order valence-electron chi connectivity index (χ2n) is 8.37. The fourth-order valence-corrected chi connectivity index (χ4v) is 5.22. The third-order valence-electron chi connectivity index (χ3n) is 6.69. The average Bonchev–Trinajstić information content (AvgIpc) is 3.24. The standard InChI is InChI=1S/C30H14N2O/c31-15-18-11-23-22-10-9-17-5-1-2-6-20(17)30(22)27-14-29-26(21-7-3-4-8-28(21)33-29)13-25(27)24(23)12-19(18)16-32/h1-14H. The summed E-state index contributed by atoms with van der Waals surface area (Å²) >= 11 is 0. The van der Waals surface area contributed by atoms with E-state index in [4.69, 9.17) is 4.42 Å². The monoisotopic (exact) mass is 418 g/mol. The summed E-state index contributed by atoms with van der Waals surface area (Å²) in [7, 11) is 0. The Bertz CT molecular complexity index is 2050. The Hall–Kier alpha value is -4.86. The molecule has 0 bridgehead atoms. The molecule has 0 N–H and O–H groups in total. The number of hydrogen-bond acceptors (Lipinski definition) is 3. The van der Waals surface area contributed by atoms with Crippen molar-refractivity contribution in [3.05, 3.63) is 96.1 Å². The van der Waals surface area contributed by atoms with Gasteiger partial charge in [0, 0.05) is 10.8 Å². The maximum absolute atomic E-state index is 9.70. The van der Waals surface area contributed by atoms with Crippen LogP contribution in [-0.4, -0.2) is 0 Å². The highest BCUT2D eigenvalue weighted by atomic mass is 16.3. The molecule has 3 heteroatoms. The largest absolute Gasteiger partial charge is 0.456 e. The molecule has 7 aromatic rings. The first-order chi connectivity index (χ1) is 16.3. The molecule has 0 aliphatic heterocycles. The van der Waals surface area contributed by atoms with Gasteiger partial charge in [0.2, 0.25) is 0 Å². The van der Waals surface area contributed by atoms with Crippen molar-refractivity contribution in [3.8, 4) is 12.1 Å². The minimum Gasteiger partial charge on any atom is -0.456 e. The van der Waals surface area contributed by atoms with E-state index >= 15 is 0 Å². The van der Waals surface area contributed by atoms with Crippen LogP contribution in [0.2, 0.25) is 0 Å². The maximum Gasteiger partial charge on any atom is 0.136 e. The van der Waals surface area contributed by atoms with Gasteiger partial charge < -0.3 is 4.42 Å². The average molecular weight is 418 g/mol. The summed E-state index contributed by atoms with van der Waals surface area (Å²) in [5, 5.41) is 30.1. The molecule has 1 heterocycles. The second kappa shape index (κ2) is 6.33. The molecular weight excluding hydrogens is 404 g/mol. The van der Waals surface area contributed by atoms with Crippen molar-refractivity contribution < 1.29 is 4.42 Å². The van der Waals surface area contributed by atoms with Crippen LogP contribution in [-0.2, 0) is 0 Å². The number of hydrogen-bond donors (Lipinski definition) is 0. The highest BCUT2D eigenvalue weighted by Gasteiger charge is 2.17. The van der Waals surface area contributed by atoms with E-state index in [9.17, 15) is 10.5 Å². The van der Waals surface area contributed by atoms with Gasteiger partial charge in [0.05, 0.1) is 11.1 Å². The summed E-state index contributed by atoms with van der Waals surface area (Å²) in [5.41, 5.74) is 2.48. The number of para-hydroxylation sites is 1. The highest BCUT2D eigenvalue weighted by molar-refractivity contribution is 6.33. The second-order valence-corrected chi connectivity index (χ2v) is 8.37. The topological polar surface area (TPSA) is 60.7 Å². The van der Waals surface area contributed by atoms with E-state index in [2.05, 4.69) is 60.7 Å². The molecule has 0 saturated carbocycles. The number of nitriles is 2. The van der Waals surface area contributed by atoms with Crippen molar-refractivity contribution in [2.45, 2.75) is 0 Å². The molecule has 0 atom stereocenters. The van der Waals surface area contributed by atoms with Crippen LogP contribution in [0.25, 0.3) is 65.0 Å². The predicted molar refractivity (Wildman–Crippen MR) is 133 cm³/mol. The quantitative estimate of drug-likeness (QED) is 0.235. The molecule has 33 heavy (non-hydrogen) atoms. The molecule has 0 saturated heterocycles. The Morgan fingerprint density at radius 3 is 1.94 bits per heavy atom. The lowest BCUT2D eigenvalue weighted by molar-refractivity contribution is 0.669. The Labute approximate surface area is 188 Å². The van der Waals surface area contributed by atoms with E-state index in [0.29, 0.717) is 11.1 Å². The molecular formula is C30H14N2O. The zero-order valence-corrected chi connectivity index (χ0v) is 17.4. The van der Waals surface area contributed by atoms with Crippen molar-refractivity contribution in [3.63, 3.8) is 0 Å². The zero-order chi connectivity index (χ0) is 22.1. The molecule has 7 rings (SSSR count). The molecule has 150 valence electrons. The van der Waals surface area contributed by atoms with Gasteiger partial charge in [-0.05, 0) is 73.4 Å². The molecule has 0 radical (unpaired) electrons. The van der Waals surface area contributed by atoms with Crippen LogP contribution in [0.4, 0.5) is 0 Å². The SMILES string of the molecule is N#Cc1cc2c(cc1C#N)c1ccc3ccccc3c1c1cc3oc4ccccc4c3cc21. The zero-order valence-electron chi connectivity index (χ0n) is 17.4. The number of furan rings is 1. The van der Waals surface area contributed by atoms with Crippen LogP contribution in [0.1, 0.15) is 11.1 Å². The molecule has 0 fully saturated rings. The summed E-state index contributed by atoms with van der Waals surface area (Å²) in [6.07, 6.45) is 0. The van der Waals surface area contributed by atoms with Crippen LogP contribution in [0, 0.1) is 22.7 Å². The minimum absolute atomic E-state index is 0.392. The fourth-order valence-electron chi connectivity index (χ4n) is 5.22. The third kappa shape index (κ3) is 2.31. The number of fused-ring (bicyclic) bond motifs is 11. The lowest BCUT2D eigenvalue weighted by atomic mass is 9.88. The lowest BCUT2D eigenvalue weighted by Crippen LogP contribution is -1.90. The van der Waals surface area contributed by atoms with Crippen LogP contribution >= 0.6 is 0 Å². The summed E-state index contributed by atoms with van der Waals surface area (Å²) < 4.78 is 6.22. The molecule has 0 spiro atoms. The highest BCUT2D eigenvalue weighted by Crippen LogP contribution is 2.42. The molecule has 3 nitrogen and oxygen atoms in total. The van der Waals surface area contributed by atoms with Crippen LogP contribution < -0.4 is 0 Å². The number of nitrogens with zero attached hydrogens (tertiary/aromatic N) is 2. The Morgan fingerprint density at radius 2 is 1.15 bits per heavy atom. The summed E-state index contributed by atoms with van der Waals surface area (Å²) in [6, 6.07) is 33.1. The number of benzene rings is 6. The minimum atomic E-state index is 0.392. The fraction of sp³-hybridized carbons (Fsp3) is 0. The van der Waals surface area contributed by atoms with Crippen LogP contribution in [0.3, 0.4) is 0 Å². The van der Waals surface area contributed by atoms with Crippen molar-refractivity contribution >= 4 is 65.0 Å². The first kappa shape index (κ1) is 17.8. The molecule has 0 unspecified atom stereocenters. The van der Waals surface area contributed by atoms with E-state index in [0.717, 1.165) is 65.0 Å². The molecule has 0 aliphatic rings. The van der Waals surface area contributed by atoms with E-state index < -0.39 is 0 Å². The van der Waals surface area contributed by atoms with E-state index in [-0.39, 0.29) is 0 Å². The van der Waals surface area contributed by atoms with Crippen molar-refractivity contribution in [2.24, 2.45) is 0 Å². The first-order valence-electron chi connectivity index (χ1n) is 10.7. The Morgan fingerprint density at radius 1 is 0.485 bits per heavy atom. The van der Waals surface area contributed by atoms with Crippen molar-refractivity contribution in [2.75, 3.05) is 0 Å². The Kier molecular flexibility index (Phi) is 3.41. The normalized spacial score (nSPS) is 11.6. The van der Waals surface area contributed by atoms with Gasteiger partial charge in [-0.2, -0.15) is 10.5 Å². The van der Waals surface area contributed by atoms with Gasteiger partial charge in [-0.15, -0.1) is 0 Å². The van der Waals surface area contributed by atoms with Gasteiger partial charge in [-0.1, -0.05) is 54.6 Å². The van der Waals surface area contributed by atoms with Gasteiger partial charge in [-0.3, -0.25) is 0 Å². The van der Waals surface area contributed by atoms with Gasteiger partial charge >= 0.3 is 0 Å². The first-order valence-corrected chi connectivity index (χ1v) is 10.7. The maximum atomic E-state index is 9.70. The molecule has 0 amide bonds. The van der Waals surface area contributed by atoms with Gasteiger partial charge in [0.15, 0.2) is 0 Å². The van der Waals surface area contributed by atoms with Gasteiger partial charge in [-0.25, -0.2) is 0 Å². The lowest BCUT2D eigenvalue weighted by Gasteiger charge is -2.14. The third-order valence-corrected chi connectivity index (χ3v) is 6.69. The molecule has 6 aromatic carbocycles.